The summed E-state index contributed by atoms with van der Waals surface area (Å²) in [6.45, 7) is 17.3. The smallest absolute Gasteiger partial charge is 0.147 e. The van der Waals surface area contributed by atoms with Crippen molar-refractivity contribution < 1.29 is 18.3 Å². The summed E-state index contributed by atoms with van der Waals surface area (Å²) in [5, 5.41) is 0. The van der Waals surface area contributed by atoms with E-state index in [1.54, 1.807) is 3.28 Å². The Morgan fingerprint density at radius 1 is 0.842 bits per heavy atom. The largest absolute Gasteiger partial charge is 0.147 e. The molecule has 198 valence electrons. The number of benzene rings is 3. The molecule has 0 aromatic heterocycles. The van der Waals surface area contributed by atoms with Crippen molar-refractivity contribution in [2.24, 2.45) is 5.41 Å². The van der Waals surface area contributed by atoms with Crippen LogP contribution in [0, 0.1) is 12.3 Å². The third-order valence-electron chi connectivity index (χ3n) is 8.70. The predicted molar refractivity (Wildman–Crippen MR) is 173 cm³/mol. The first-order valence-corrected chi connectivity index (χ1v) is 20.9. The molecule has 0 unspecified atom stereocenters. The zero-order valence-electron chi connectivity index (χ0n) is 23.4. The van der Waals surface area contributed by atoms with E-state index in [9.17, 15) is 0 Å². The minimum atomic E-state index is -4.23. The molecular weight excluding hydrogens is 583 g/mol. The molecule has 5 rings (SSSR count). The number of aryl methyl sites for hydroxylation is 1. The topological polar surface area (TPSA) is 0 Å². The van der Waals surface area contributed by atoms with Gasteiger partial charge < -0.3 is 0 Å². The molecule has 0 bridgehead atoms. The summed E-state index contributed by atoms with van der Waals surface area (Å²) in [6, 6.07) is 20.8. The molecular formula is C35H40Cl2Zr. The van der Waals surface area contributed by atoms with Crippen LogP contribution in [0.15, 0.2) is 88.8 Å². The maximum Gasteiger partial charge on any atom is -0.147 e. The fraction of sp³-hybridized carbons (Fsp3) is 0.229. The van der Waals surface area contributed by atoms with Crippen molar-refractivity contribution in [3.8, 4) is 11.1 Å². The van der Waals surface area contributed by atoms with Crippen LogP contribution in [0.3, 0.4) is 0 Å². The molecule has 3 aromatic rings. The Balaban J connectivity index is 0.00000200. The molecule has 2 aliphatic rings. The van der Waals surface area contributed by atoms with Gasteiger partial charge in [-0.25, -0.2) is 0 Å². The van der Waals surface area contributed by atoms with Gasteiger partial charge in [-0.2, -0.15) is 0 Å². The summed E-state index contributed by atoms with van der Waals surface area (Å²) in [4.78, 5) is 0. The molecule has 0 N–H and O–H groups in total. The summed E-state index contributed by atoms with van der Waals surface area (Å²) in [5.41, 5.74) is 10.7. The third-order valence-corrected chi connectivity index (χ3v) is 23.2. The van der Waals surface area contributed by atoms with Crippen molar-refractivity contribution in [2.45, 2.75) is 45.2 Å². The molecule has 0 amide bonds. The second kappa shape index (κ2) is 10.5. The first-order valence-electron chi connectivity index (χ1n) is 13.0. The number of hydrogen-bond acceptors (Lipinski definition) is 0. The van der Waals surface area contributed by atoms with E-state index in [2.05, 4.69) is 112 Å². The molecule has 0 heterocycles. The van der Waals surface area contributed by atoms with Crippen LogP contribution in [-0.2, 0) is 24.7 Å². The van der Waals surface area contributed by atoms with Gasteiger partial charge in [0.2, 0.25) is 0 Å². The quantitative estimate of drug-likeness (QED) is 0.208. The second-order valence-corrected chi connectivity index (χ2v) is 26.5. The van der Waals surface area contributed by atoms with Gasteiger partial charge in [0, 0.05) is 0 Å². The summed E-state index contributed by atoms with van der Waals surface area (Å²) in [7, 11) is 0. The Kier molecular flexibility index (Phi) is 8.42. The molecule has 0 fully saturated rings. The van der Waals surface area contributed by atoms with Crippen LogP contribution in [0.5, 0.6) is 0 Å². The van der Waals surface area contributed by atoms with Crippen LogP contribution in [0.2, 0.25) is 4.63 Å². The fourth-order valence-corrected chi connectivity index (χ4v) is 18.2. The maximum absolute atomic E-state index is 5.38. The van der Waals surface area contributed by atoms with Gasteiger partial charge in [-0.1, -0.05) is 0 Å². The number of rotatable bonds is 5. The van der Waals surface area contributed by atoms with E-state index in [4.69, 9.17) is 4.21 Å². The Morgan fingerprint density at radius 3 is 2.05 bits per heavy atom. The van der Waals surface area contributed by atoms with Gasteiger partial charge in [-0.05, 0) is 0 Å². The van der Waals surface area contributed by atoms with Crippen molar-refractivity contribution >= 4 is 47.7 Å². The van der Waals surface area contributed by atoms with Crippen molar-refractivity contribution in [1.82, 2.24) is 0 Å². The average Bonchev–Trinajstić information content (AvgIpc) is 3.49. The van der Waals surface area contributed by atoms with Crippen LogP contribution >= 0.6 is 24.8 Å². The van der Waals surface area contributed by atoms with Crippen LogP contribution in [0.1, 0.15) is 55.0 Å². The SMILES string of the molecule is C=Cc1ccc2c(c1)-c1cc(C=C)c[c]([Zr](=[CH2])([CH3])([C]3=CC(C(C)(C)C)=CC3)[c]3ccc(C)cc3)c1C2.Cl.Cl. The van der Waals surface area contributed by atoms with E-state index in [1.165, 1.54) is 51.1 Å². The number of allylic oxidation sites excluding steroid dienone is 4. The predicted octanol–water partition coefficient (Wildman–Crippen LogP) is 9.08. The van der Waals surface area contributed by atoms with Gasteiger partial charge in [0.15, 0.2) is 0 Å². The summed E-state index contributed by atoms with van der Waals surface area (Å²) in [6.07, 6.45) is 10.9. The average molecular weight is 623 g/mol. The second-order valence-electron chi connectivity index (χ2n) is 12.3. The van der Waals surface area contributed by atoms with E-state index in [1.807, 2.05) is 12.2 Å². The van der Waals surface area contributed by atoms with E-state index >= 15 is 0 Å². The van der Waals surface area contributed by atoms with E-state index in [-0.39, 0.29) is 30.2 Å². The van der Waals surface area contributed by atoms with Gasteiger partial charge in [-0.15, -0.1) is 24.8 Å². The van der Waals surface area contributed by atoms with Gasteiger partial charge in [0.25, 0.3) is 0 Å². The molecule has 0 saturated heterocycles. The molecule has 38 heavy (non-hydrogen) atoms. The monoisotopic (exact) mass is 620 g/mol. The molecule has 2 aliphatic carbocycles. The van der Waals surface area contributed by atoms with Crippen molar-refractivity contribution in [3.63, 3.8) is 0 Å². The minimum Gasteiger partial charge on any atom is -0.147 e. The normalized spacial score (nSPS) is 14.4. The third kappa shape index (κ3) is 4.77. The van der Waals surface area contributed by atoms with E-state index in [0.29, 0.717) is 0 Å². The van der Waals surface area contributed by atoms with Gasteiger partial charge in [0.05, 0.1) is 0 Å². The Labute approximate surface area is 242 Å². The molecule has 3 aromatic carbocycles. The Hall–Kier alpha value is -2.05. The molecule has 0 atom stereocenters. The molecule has 3 heteroatoms. The summed E-state index contributed by atoms with van der Waals surface area (Å²) < 4.78 is 12.4. The van der Waals surface area contributed by atoms with Crippen LogP contribution in [-0.4, -0.2) is 4.21 Å². The summed E-state index contributed by atoms with van der Waals surface area (Å²) in [5.74, 6) is 0. The molecule has 0 spiro atoms. The summed E-state index contributed by atoms with van der Waals surface area (Å²) >= 11 is -4.23. The van der Waals surface area contributed by atoms with Gasteiger partial charge in [-0.3, -0.25) is 0 Å². The van der Waals surface area contributed by atoms with Crippen molar-refractivity contribution in [1.29, 1.82) is 0 Å². The zero-order valence-corrected chi connectivity index (χ0v) is 27.4. The first kappa shape index (κ1) is 30.5. The zero-order chi connectivity index (χ0) is 25.9. The first-order chi connectivity index (χ1) is 16.9. The van der Waals surface area contributed by atoms with E-state index < -0.39 is 18.3 Å². The van der Waals surface area contributed by atoms with Crippen molar-refractivity contribution in [2.75, 3.05) is 0 Å². The van der Waals surface area contributed by atoms with Gasteiger partial charge >= 0.3 is 219 Å². The fourth-order valence-electron chi connectivity index (χ4n) is 6.20. The van der Waals surface area contributed by atoms with Crippen molar-refractivity contribution in [3.05, 3.63) is 117 Å². The van der Waals surface area contributed by atoms with Crippen LogP contribution < -0.4 is 6.54 Å². The van der Waals surface area contributed by atoms with E-state index in [0.717, 1.165) is 12.8 Å². The van der Waals surface area contributed by atoms with Crippen LogP contribution in [0.25, 0.3) is 23.3 Å². The Bertz CT molecular complexity index is 1560. The standard InChI is InChI=1S/C17H13.C9H13.C7H7.CH3.CH2.2ClH.Zr/c1-3-12-5-7-14-11-15-8-6-13(4-2)10-17(15)16(14)9-12;1-9(2,3)8-6-4-5-7-8;1-7-5-3-2-4-6-7;;;;;/h3-7,9-10H,1-2,11H2;6-7H,4H2,1-3H3;3-6H,1H3;1H3;1H2;2*1H;. The molecule has 0 aliphatic heterocycles. The molecule has 0 saturated carbocycles. The van der Waals surface area contributed by atoms with Crippen LogP contribution in [0.4, 0.5) is 0 Å². The maximum atomic E-state index is 5.38. The minimum absolute atomic E-state index is 0. The molecule has 0 radical (unpaired) electrons. The number of hydrogen-bond donors (Lipinski definition) is 0. The number of fused-ring (bicyclic) bond motifs is 3. The molecule has 0 nitrogen and oxygen atoms in total. The number of halogens is 2. The Morgan fingerprint density at radius 2 is 1.47 bits per heavy atom. The van der Waals surface area contributed by atoms with Gasteiger partial charge in [0.1, 0.15) is 0 Å².